The van der Waals surface area contributed by atoms with Crippen molar-refractivity contribution in [2.45, 2.75) is 6.92 Å². The number of aromatic nitrogens is 1. The summed E-state index contributed by atoms with van der Waals surface area (Å²) >= 11 is 9.06. The minimum Gasteiger partial charge on any atom is -0.266 e. The van der Waals surface area contributed by atoms with E-state index in [0.717, 1.165) is 21.2 Å². The number of halogens is 2. The number of amides is 1. The number of hydrogen-bond donors (Lipinski definition) is 0. The Morgan fingerprint density at radius 3 is 2.62 bits per heavy atom. The number of hydrogen-bond acceptors (Lipinski definition) is 5. The zero-order chi connectivity index (χ0) is 22.2. The summed E-state index contributed by atoms with van der Waals surface area (Å²) in [6.07, 6.45) is 1.60. The maximum atomic E-state index is 13.7. The van der Waals surface area contributed by atoms with Crippen LogP contribution in [0.15, 0.2) is 71.8 Å². The monoisotopic (exact) mass is 479 g/mol. The molecule has 0 atom stereocenters. The molecule has 3 aromatic carbocycles. The molecule has 4 nitrogen and oxygen atoms in total. The van der Waals surface area contributed by atoms with Gasteiger partial charge in [-0.25, -0.2) is 9.37 Å². The molecule has 8 heteroatoms. The average molecular weight is 480 g/mol. The second-order valence-corrected chi connectivity index (χ2v) is 9.56. The molecular weight excluding hydrogens is 465 g/mol. The van der Waals surface area contributed by atoms with Gasteiger partial charge in [0, 0.05) is 10.1 Å². The fourth-order valence-electron chi connectivity index (χ4n) is 3.19. The summed E-state index contributed by atoms with van der Waals surface area (Å²) in [7, 11) is 0. The minimum absolute atomic E-state index is 0.340. The molecular formula is C24H15ClFN3OS2. The Labute approximate surface area is 196 Å². The van der Waals surface area contributed by atoms with E-state index in [4.69, 9.17) is 11.6 Å². The summed E-state index contributed by atoms with van der Waals surface area (Å²) in [6.45, 7) is 2.00. The zero-order valence-corrected chi connectivity index (χ0v) is 19.1. The topological polar surface area (TPSA) is 45.6 Å². The molecule has 0 spiro atoms. The van der Waals surface area contributed by atoms with Crippen LogP contribution in [0.4, 0.5) is 9.52 Å². The number of nitrogens with zero attached hydrogens (tertiary/aromatic N) is 3. The van der Waals surface area contributed by atoms with Crippen molar-refractivity contribution in [3.63, 3.8) is 0 Å². The van der Waals surface area contributed by atoms with Crippen LogP contribution in [0.5, 0.6) is 0 Å². The molecule has 0 N–H and O–H groups in total. The van der Waals surface area contributed by atoms with Crippen molar-refractivity contribution in [1.82, 2.24) is 4.98 Å². The van der Waals surface area contributed by atoms with Gasteiger partial charge in [-0.1, -0.05) is 71.0 Å². The third kappa shape index (κ3) is 3.90. The Balaban J connectivity index is 1.61. The molecule has 0 bridgehead atoms. The smallest absolute Gasteiger partial charge is 0.266 e. The van der Waals surface area contributed by atoms with Gasteiger partial charge >= 0.3 is 0 Å². The van der Waals surface area contributed by atoms with E-state index in [-0.39, 0.29) is 11.7 Å². The predicted molar refractivity (Wildman–Crippen MR) is 132 cm³/mol. The Kier molecular flexibility index (Phi) is 5.46. The Morgan fingerprint density at radius 1 is 1.06 bits per heavy atom. The first-order valence-electron chi connectivity index (χ1n) is 9.68. The second-order valence-electron chi connectivity index (χ2n) is 7.12. The molecule has 0 aliphatic heterocycles. The second kappa shape index (κ2) is 8.43. The number of thiazole rings is 1. The van der Waals surface area contributed by atoms with Crippen LogP contribution in [0.1, 0.15) is 20.8 Å². The highest BCUT2D eigenvalue weighted by Crippen LogP contribution is 2.38. The van der Waals surface area contributed by atoms with Crippen molar-refractivity contribution < 1.29 is 9.18 Å². The van der Waals surface area contributed by atoms with Crippen LogP contribution in [0, 0.1) is 12.7 Å². The van der Waals surface area contributed by atoms with Crippen LogP contribution >= 0.6 is 34.3 Å². The van der Waals surface area contributed by atoms with E-state index >= 15 is 0 Å². The van der Waals surface area contributed by atoms with Gasteiger partial charge in [-0.3, -0.25) is 4.79 Å². The number of hydrazone groups is 1. The molecule has 0 unspecified atom stereocenters. The van der Waals surface area contributed by atoms with Crippen LogP contribution in [0.3, 0.4) is 0 Å². The molecule has 2 heterocycles. The van der Waals surface area contributed by atoms with Gasteiger partial charge in [0.05, 0.1) is 21.5 Å². The molecule has 158 valence electrons. The van der Waals surface area contributed by atoms with Crippen molar-refractivity contribution in [2.24, 2.45) is 5.10 Å². The summed E-state index contributed by atoms with van der Waals surface area (Å²) in [5, 5.41) is 7.24. The summed E-state index contributed by atoms with van der Waals surface area (Å²) in [5.74, 6) is -0.750. The highest BCUT2D eigenvalue weighted by molar-refractivity contribution is 7.23. The molecule has 1 amide bonds. The summed E-state index contributed by atoms with van der Waals surface area (Å²) < 4.78 is 15.2. The third-order valence-electron chi connectivity index (χ3n) is 4.84. The van der Waals surface area contributed by atoms with E-state index in [1.807, 2.05) is 55.5 Å². The van der Waals surface area contributed by atoms with Crippen molar-refractivity contribution in [3.05, 3.63) is 93.6 Å². The maximum Gasteiger partial charge on any atom is 0.292 e. The van der Waals surface area contributed by atoms with Gasteiger partial charge < -0.3 is 0 Å². The van der Waals surface area contributed by atoms with Gasteiger partial charge in [0.25, 0.3) is 5.91 Å². The number of thiophene rings is 1. The molecule has 0 aliphatic rings. The van der Waals surface area contributed by atoms with Gasteiger partial charge in [0.2, 0.25) is 5.13 Å². The highest BCUT2D eigenvalue weighted by atomic mass is 35.5. The van der Waals surface area contributed by atoms with Gasteiger partial charge in [0.1, 0.15) is 10.7 Å². The predicted octanol–water partition coefficient (Wildman–Crippen LogP) is 7.29. The van der Waals surface area contributed by atoms with Crippen LogP contribution in [0.2, 0.25) is 5.02 Å². The molecule has 2 aromatic heterocycles. The average Bonchev–Trinajstić information content (AvgIpc) is 3.36. The Bertz CT molecular complexity index is 1490. The third-order valence-corrected chi connectivity index (χ3v) is 7.50. The molecule has 32 heavy (non-hydrogen) atoms. The summed E-state index contributed by atoms with van der Waals surface area (Å²) in [5.41, 5.74) is 2.56. The first kappa shape index (κ1) is 20.8. The molecule has 0 fully saturated rings. The van der Waals surface area contributed by atoms with Crippen LogP contribution in [0.25, 0.3) is 20.3 Å². The SMILES string of the molecule is Cc1ccc(/C=N/N(C(=O)c2sc3ccccc3c2Cl)c2nc3ccc(F)cc3s2)cc1. The van der Waals surface area contributed by atoms with Gasteiger partial charge in [-0.05, 0) is 36.8 Å². The summed E-state index contributed by atoms with van der Waals surface area (Å²) in [4.78, 5) is 18.5. The number of carbonyl (C=O) groups is 1. The lowest BCUT2D eigenvalue weighted by atomic mass is 10.2. The number of benzene rings is 3. The fourth-order valence-corrected chi connectivity index (χ4v) is 5.57. The first-order valence-corrected chi connectivity index (χ1v) is 11.7. The molecule has 5 aromatic rings. The highest BCUT2D eigenvalue weighted by Gasteiger charge is 2.26. The standard InChI is InChI=1S/C24H15ClFN3OS2/c1-14-6-8-15(9-7-14)13-27-29(24-28-18-11-10-16(26)12-20(18)32-24)23(30)22-21(25)17-4-2-3-5-19(17)31-22/h2-13H,1H3/b27-13+. The lowest BCUT2D eigenvalue weighted by Gasteiger charge is -2.13. The number of fused-ring (bicyclic) bond motifs is 2. The Morgan fingerprint density at radius 2 is 1.84 bits per heavy atom. The van der Waals surface area contributed by atoms with E-state index in [0.29, 0.717) is 25.2 Å². The summed E-state index contributed by atoms with van der Waals surface area (Å²) in [6, 6.07) is 19.7. The Hall–Kier alpha value is -3.13. The van der Waals surface area contributed by atoms with E-state index in [9.17, 15) is 9.18 Å². The zero-order valence-electron chi connectivity index (χ0n) is 16.8. The van der Waals surface area contributed by atoms with Crippen molar-refractivity contribution in [2.75, 3.05) is 5.01 Å². The van der Waals surface area contributed by atoms with E-state index in [1.54, 1.807) is 12.3 Å². The number of rotatable bonds is 4. The van der Waals surface area contributed by atoms with E-state index < -0.39 is 0 Å². The maximum absolute atomic E-state index is 13.7. The molecule has 5 rings (SSSR count). The first-order chi connectivity index (χ1) is 15.5. The van der Waals surface area contributed by atoms with Crippen molar-refractivity contribution in [1.29, 1.82) is 0 Å². The van der Waals surface area contributed by atoms with Gasteiger partial charge in [-0.2, -0.15) is 10.1 Å². The number of carbonyl (C=O) groups excluding carboxylic acids is 1. The molecule has 0 aliphatic carbocycles. The van der Waals surface area contributed by atoms with E-state index in [1.165, 1.54) is 39.8 Å². The van der Waals surface area contributed by atoms with Gasteiger partial charge in [0.15, 0.2) is 0 Å². The lowest BCUT2D eigenvalue weighted by Crippen LogP contribution is -2.25. The minimum atomic E-state index is -0.390. The lowest BCUT2D eigenvalue weighted by molar-refractivity contribution is 0.0992. The van der Waals surface area contributed by atoms with Crippen LogP contribution in [-0.2, 0) is 0 Å². The van der Waals surface area contributed by atoms with Crippen molar-refractivity contribution in [3.8, 4) is 0 Å². The van der Waals surface area contributed by atoms with Gasteiger partial charge in [-0.15, -0.1) is 11.3 Å². The number of anilines is 1. The molecule has 0 radical (unpaired) electrons. The largest absolute Gasteiger partial charge is 0.292 e. The molecule has 0 saturated carbocycles. The number of aryl methyl sites for hydroxylation is 1. The van der Waals surface area contributed by atoms with Crippen molar-refractivity contribution >= 4 is 71.8 Å². The quantitative estimate of drug-likeness (QED) is 0.200. The van der Waals surface area contributed by atoms with Crippen LogP contribution < -0.4 is 5.01 Å². The van der Waals surface area contributed by atoms with E-state index in [2.05, 4.69) is 10.1 Å². The normalized spacial score (nSPS) is 11.6. The molecule has 0 saturated heterocycles. The fraction of sp³-hybridized carbons (Fsp3) is 0.0417. The van der Waals surface area contributed by atoms with Crippen LogP contribution in [-0.4, -0.2) is 17.1 Å².